The Hall–Kier alpha value is -1.11. The molecule has 1 fully saturated rings. The minimum atomic E-state index is -3.64. The quantitative estimate of drug-likeness (QED) is 0.913. The molecule has 98 valence electrons. The van der Waals surface area contributed by atoms with Crippen LogP contribution in [0.3, 0.4) is 0 Å². The van der Waals surface area contributed by atoms with E-state index < -0.39 is 21.9 Å². The Bertz CT molecular complexity index is 572. The van der Waals surface area contributed by atoms with Gasteiger partial charge in [0.05, 0.1) is 10.8 Å². The highest BCUT2D eigenvalue weighted by molar-refractivity contribution is 7.89. The van der Waals surface area contributed by atoms with Crippen molar-refractivity contribution in [3.05, 3.63) is 29.3 Å². The average Bonchev–Trinajstić information content (AvgIpc) is 2.79. The van der Waals surface area contributed by atoms with Crippen LogP contribution < -0.4 is 0 Å². The van der Waals surface area contributed by atoms with E-state index in [9.17, 15) is 13.2 Å². The Morgan fingerprint density at radius 3 is 2.72 bits per heavy atom. The summed E-state index contributed by atoms with van der Waals surface area (Å²) in [5.41, 5.74) is 0. The predicted octanol–water partition coefficient (Wildman–Crippen LogP) is 1.44. The molecular formula is C11H12ClNO4S. The normalized spacial score (nSPS) is 21.1. The molecule has 0 spiro atoms. The Balaban J connectivity index is 2.25. The standard InChI is InChI=1S/C11H12ClNO4S/c12-9-2-1-3-10(6-9)18(16,17)13-5-4-8(7-13)11(14)15/h1-3,6,8H,4-5,7H2,(H,14,15)/t8-/m1/s1. The Labute approximate surface area is 110 Å². The van der Waals surface area contributed by atoms with Gasteiger partial charge in [0, 0.05) is 18.1 Å². The number of benzene rings is 1. The van der Waals surface area contributed by atoms with Gasteiger partial charge in [0.2, 0.25) is 10.0 Å². The molecule has 0 saturated carbocycles. The van der Waals surface area contributed by atoms with E-state index in [0.717, 1.165) is 0 Å². The highest BCUT2D eigenvalue weighted by Gasteiger charge is 2.35. The largest absolute Gasteiger partial charge is 0.481 e. The number of halogens is 1. The van der Waals surface area contributed by atoms with E-state index >= 15 is 0 Å². The highest BCUT2D eigenvalue weighted by Crippen LogP contribution is 2.25. The van der Waals surface area contributed by atoms with Crippen molar-refractivity contribution < 1.29 is 18.3 Å². The van der Waals surface area contributed by atoms with Gasteiger partial charge in [-0.2, -0.15) is 4.31 Å². The number of hydrogen-bond acceptors (Lipinski definition) is 3. The van der Waals surface area contributed by atoms with Crippen molar-refractivity contribution in [3.63, 3.8) is 0 Å². The minimum absolute atomic E-state index is 0.0180. The van der Waals surface area contributed by atoms with Crippen LogP contribution in [0.15, 0.2) is 29.2 Å². The molecule has 1 aromatic carbocycles. The van der Waals surface area contributed by atoms with E-state index in [0.29, 0.717) is 11.4 Å². The van der Waals surface area contributed by atoms with E-state index in [4.69, 9.17) is 16.7 Å². The molecule has 0 aliphatic carbocycles. The smallest absolute Gasteiger partial charge is 0.307 e. The van der Waals surface area contributed by atoms with Gasteiger partial charge in [0.25, 0.3) is 0 Å². The summed E-state index contributed by atoms with van der Waals surface area (Å²) in [6.45, 7) is 0.246. The molecule has 7 heteroatoms. The first-order valence-electron chi connectivity index (χ1n) is 5.40. The van der Waals surface area contributed by atoms with Gasteiger partial charge < -0.3 is 5.11 Å². The van der Waals surface area contributed by atoms with Gasteiger partial charge in [0.15, 0.2) is 0 Å². The van der Waals surface area contributed by atoms with Crippen LogP contribution in [0.2, 0.25) is 5.02 Å². The topological polar surface area (TPSA) is 74.7 Å². The van der Waals surface area contributed by atoms with Gasteiger partial charge in [-0.05, 0) is 24.6 Å². The van der Waals surface area contributed by atoms with E-state index in [2.05, 4.69) is 0 Å². The van der Waals surface area contributed by atoms with Crippen molar-refractivity contribution in [1.29, 1.82) is 0 Å². The van der Waals surface area contributed by atoms with Gasteiger partial charge in [-0.1, -0.05) is 17.7 Å². The third-order valence-corrected chi connectivity index (χ3v) is 5.03. The molecule has 0 radical (unpaired) electrons. The second-order valence-electron chi connectivity index (χ2n) is 4.14. The maximum absolute atomic E-state index is 12.2. The van der Waals surface area contributed by atoms with Crippen molar-refractivity contribution in [2.24, 2.45) is 5.92 Å². The van der Waals surface area contributed by atoms with Crippen molar-refractivity contribution in [2.45, 2.75) is 11.3 Å². The summed E-state index contributed by atoms with van der Waals surface area (Å²) in [6.07, 6.45) is 0.342. The fourth-order valence-electron chi connectivity index (χ4n) is 1.92. The third-order valence-electron chi connectivity index (χ3n) is 2.93. The maximum Gasteiger partial charge on any atom is 0.307 e. The predicted molar refractivity (Wildman–Crippen MR) is 66.0 cm³/mol. The summed E-state index contributed by atoms with van der Waals surface area (Å²) in [5, 5.41) is 9.21. The lowest BCUT2D eigenvalue weighted by atomic mass is 10.1. The Morgan fingerprint density at radius 2 is 2.17 bits per heavy atom. The summed E-state index contributed by atoms with van der Waals surface area (Å²) < 4.78 is 25.7. The van der Waals surface area contributed by atoms with Crippen LogP contribution in [0, 0.1) is 5.92 Å². The first kappa shape index (κ1) is 13.3. The summed E-state index contributed by atoms with van der Waals surface area (Å²) in [7, 11) is -3.64. The third kappa shape index (κ3) is 2.50. The van der Waals surface area contributed by atoms with Crippen molar-refractivity contribution in [2.75, 3.05) is 13.1 Å². The number of carboxylic acid groups (broad SMARTS) is 1. The number of aliphatic carboxylic acids is 1. The molecule has 0 unspecified atom stereocenters. The molecule has 2 rings (SSSR count). The Kier molecular flexibility index (Phi) is 3.61. The zero-order valence-corrected chi connectivity index (χ0v) is 11.0. The Morgan fingerprint density at radius 1 is 1.44 bits per heavy atom. The molecule has 1 saturated heterocycles. The zero-order valence-electron chi connectivity index (χ0n) is 9.41. The van der Waals surface area contributed by atoms with Crippen LogP contribution in [0.1, 0.15) is 6.42 Å². The number of rotatable bonds is 3. The summed E-state index contributed by atoms with van der Waals surface area (Å²) in [5.74, 6) is -1.59. The molecule has 1 N–H and O–H groups in total. The first-order valence-corrected chi connectivity index (χ1v) is 7.21. The number of sulfonamides is 1. The lowest BCUT2D eigenvalue weighted by Crippen LogP contribution is -2.30. The minimum Gasteiger partial charge on any atom is -0.481 e. The van der Waals surface area contributed by atoms with Gasteiger partial charge in [-0.3, -0.25) is 4.79 Å². The molecular weight excluding hydrogens is 278 g/mol. The first-order chi connectivity index (χ1) is 8.41. The molecule has 0 aromatic heterocycles. The summed E-state index contributed by atoms with van der Waals surface area (Å²) >= 11 is 5.76. The number of nitrogens with zero attached hydrogens (tertiary/aromatic N) is 1. The fourth-order valence-corrected chi connectivity index (χ4v) is 3.73. The van der Waals surface area contributed by atoms with Gasteiger partial charge in [-0.25, -0.2) is 8.42 Å². The second-order valence-corrected chi connectivity index (χ2v) is 6.52. The summed E-state index contributed by atoms with van der Waals surface area (Å²) in [6, 6.07) is 5.96. The second kappa shape index (κ2) is 4.87. The number of carbonyl (C=O) groups is 1. The van der Waals surface area contributed by atoms with Crippen molar-refractivity contribution in [1.82, 2.24) is 4.31 Å². The number of hydrogen-bond donors (Lipinski definition) is 1. The number of carboxylic acids is 1. The molecule has 1 heterocycles. The van der Waals surface area contributed by atoms with E-state index in [1.807, 2.05) is 0 Å². The van der Waals surface area contributed by atoms with Crippen LogP contribution >= 0.6 is 11.6 Å². The van der Waals surface area contributed by atoms with Crippen molar-refractivity contribution >= 4 is 27.6 Å². The van der Waals surface area contributed by atoms with Gasteiger partial charge in [0.1, 0.15) is 0 Å². The SMILES string of the molecule is O=C(O)[C@@H]1CCN(S(=O)(=O)c2cccc(Cl)c2)C1. The molecule has 1 aliphatic heterocycles. The zero-order chi connectivity index (χ0) is 13.3. The maximum atomic E-state index is 12.2. The molecule has 1 aliphatic rings. The molecule has 0 bridgehead atoms. The monoisotopic (exact) mass is 289 g/mol. The molecule has 0 amide bonds. The van der Waals surface area contributed by atoms with Crippen LogP contribution in [0.4, 0.5) is 0 Å². The lowest BCUT2D eigenvalue weighted by molar-refractivity contribution is -0.141. The van der Waals surface area contributed by atoms with Crippen LogP contribution in [-0.4, -0.2) is 36.9 Å². The fraction of sp³-hybridized carbons (Fsp3) is 0.364. The van der Waals surface area contributed by atoms with E-state index in [-0.39, 0.29) is 18.0 Å². The van der Waals surface area contributed by atoms with Gasteiger partial charge in [-0.15, -0.1) is 0 Å². The van der Waals surface area contributed by atoms with Crippen LogP contribution in [0.25, 0.3) is 0 Å². The highest BCUT2D eigenvalue weighted by atomic mass is 35.5. The summed E-state index contributed by atoms with van der Waals surface area (Å²) in [4.78, 5) is 10.9. The van der Waals surface area contributed by atoms with E-state index in [1.165, 1.54) is 16.4 Å². The van der Waals surface area contributed by atoms with Gasteiger partial charge >= 0.3 is 5.97 Å². The van der Waals surface area contributed by atoms with Crippen LogP contribution in [-0.2, 0) is 14.8 Å². The molecule has 1 atom stereocenters. The average molecular weight is 290 g/mol. The molecule has 5 nitrogen and oxygen atoms in total. The van der Waals surface area contributed by atoms with E-state index in [1.54, 1.807) is 12.1 Å². The lowest BCUT2D eigenvalue weighted by Gasteiger charge is -2.15. The molecule has 18 heavy (non-hydrogen) atoms. The van der Waals surface area contributed by atoms with Crippen LogP contribution in [0.5, 0.6) is 0 Å². The van der Waals surface area contributed by atoms with Crippen molar-refractivity contribution in [3.8, 4) is 0 Å². The molecule has 1 aromatic rings.